The number of hydrogen-bond acceptors (Lipinski definition) is 18. The van der Waals surface area contributed by atoms with Crippen molar-refractivity contribution in [3.05, 3.63) is 266 Å². The summed E-state index contributed by atoms with van der Waals surface area (Å²) in [7, 11) is 0. The molecule has 5 aromatic carbocycles. The monoisotopic (exact) mass is 2020 g/mol. The van der Waals surface area contributed by atoms with Crippen LogP contribution < -0.4 is 5.32 Å². The minimum Gasteiger partial charge on any atom is -0.481 e. The van der Waals surface area contributed by atoms with Gasteiger partial charge in [0.1, 0.15) is 27.9 Å². The van der Waals surface area contributed by atoms with Crippen LogP contribution >= 0.6 is 31.9 Å². The summed E-state index contributed by atoms with van der Waals surface area (Å²) in [6.45, 7) is 25.6. The van der Waals surface area contributed by atoms with Crippen LogP contribution in [-0.2, 0) is 106 Å². The smallest absolute Gasteiger partial charge is 0.446 e. The second-order valence-electron chi connectivity index (χ2n) is 35.3. The Bertz CT molecular complexity index is 5670. The van der Waals surface area contributed by atoms with E-state index in [0.29, 0.717) is 45.4 Å². The predicted molar refractivity (Wildman–Crippen MR) is 530 cm³/mol. The van der Waals surface area contributed by atoms with Crippen LogP contribution in [0.25, 0.3) is 55.6 Å². The number of aromatic nitrogens is 5. The number of aliphatic carboxylic acids is 1. The Morgan fingerprint density at radius 2 is 0.650 bits per heavy atom. The normalized spacial score (nSPS) is 13.6. The Balaban J connectivity index is 0.000000244. The fraction of sp³-hybridized carbons (Fsp3) is 0.396. The van der Waals surface area contributed by atoms with Gasteiger partial charge in [0.2, 0.25) is 24.4 Å². The molecular weight excluding hydrogens is 1900 g/mol. The highest BCUT2D eigenvalue weighted by molar-refractivity contribution is 9.10. The quantitative estimate of drug-likeness (QED) is 0.0446. The summed E-state index contributed by atoms with van der Waals surface area (Å²) in [5.74, 6) is -0.515. The Kier molecular flexibility index (Phi) is 42.9. The van der Waals surface area contributed by atoms with Gasteiger partial charge >= 0.3 is 36.5 Å². The molecule has 8 aliphatic rings. The van der Waals surface area contributed by atoms with Crippen LogP contribution in [0, 0.1) is 0 Å². The molecule has 3 aliphatic heterocycles. The van der Waals surface area contributed by atoms with Crippen LogP contribution in [0.1, 0.15) is 197 Å². The van der Waals surface area contributed by atoms with E-state index in [1.807, 2.05) is 151 Å². The number of piperidine rings is 1. The number of nitrogens with one attached hydrogen (secondary N) is 1. The van der Waals surface area contributed by atoms with Crippen molar-refractivity contribution in [2.24, 2.45) is 0 Å². The maximum Gasteiger partial charge on any atom is 0.446 e. The molecule has 10 aromatic rings. The van der Waals surface area contributed by atoms with Crippen molar-refractivity contribution in [1.29, 1.82) is 0 Å². The van der Waals surface area contributed by atoms with E-state index in [0.717, 1.165) is 150 Å². The van der Waals surface area contributed by atoms with Gasteiger partial charge in [-0.05, 0) is 197 Å². The molecule has 8 heterocycles. The standard InChI is InChI=1S/C23H27N3O3.C18H19N3O.C15H13NO.C14H11NO2.C12H8BrN.C10H19NO2.C6H11BrO2.2C2HF3O.4CH4/c1-23(2,3)29-22(28)26-12-10-25(11-13-26)20(27)15-17-8-9-24-19-14-16-6-4-5-7-18(16)21(17)19;22-17(21-9-7-19-8-10-21)12-14-5-6-20-16-11-13-3-1-2-4-15(13)18(14)16;1-10(17)8-12-6-7-16-14-9-11-4-2-3-5-13(11)15(12)14;16-13(17)8-10-5-6-15-12-7-9-3-1-2-4-11(9)14(10)12;13-10-5-6-14-11-7-8-3-1-2-4-9(8)12(10)11;1-10(2,3)13-9(12)11-7-5-4-6-8-11;1-6(2,3)9-5(8)4-7;2*3-2(4,5)1-6;;;;/h4-9H,10-15H2,1-3H3;1-6,19H,7-12H2;2-7H,8-9H2,1H3;1-6H,7-8H2,(H,16,17);1-6H,7H2;4-8H2,1-3H3;4H2,1-3H3;2*1H;4*1H4. The van der Waals surface area contributed by atoms with Gasteiger partial charge in [0.05, 0.1) is 47.7 Å². The second-order valence-corrected chi connectivity index (χ2v) is 36.7. The highest BCUT2D eigenvalue weighted by Gasteiger charge is 2.34. The molecule has 0 radical (unpaired) electrons. The first-order valence-corrected chi connectivity index (χ1v) is 45.7. The Labute approximate surface area is 817 Å². The average molecular weight is 2020 g/mol. The molecule has 0 spiro atoms. The van der Waals surface area contributed by atoms with Crippen molar-refractivity contribution in [2.45, 2.75) is 205 Å². The van der Waals surface area contributed by atoms with Gasteiger partial charge in [-0.15, -0.1) is 0 Å². The highest BCUT2D eigenvalue weighted by atomic mass is 79.9. The number of carbonyl (C=O) groups excluding carboxylic acids is 8. The van der Waals surface area contributed by atoms with Gasteiger partial charge in [0, 0.05) is 167 Å². The molecule has 2 N–H and O–H groups in total. The SMILES string of the molecule is Brc1ccnc2c1-c1ccccc1C2.C.C.C.C.CC(=O)Cc1ccnc2c1-c1ccccc1C2.CC(C)(C)OC(=O)CBr.CC(C)(C)OC(=O)N1CCCCC1.CC(C)(C)OC(=O)N1CCN(C(=O)Cc2ccnc3c2-c2ccccc2C3)CC1.O=C(Cc1ccnc2c1-c1ccccc1C2)N1CCNCC1.O=C(O)Cc1ccnc2c1-c1ccccc1C2.O=CC(F)(F)F.O=CC(F)(F)F. The third-order valence-corrected chi connectivity index (χ3v) is 22.8. The number of carboxylic acids is 1. The Morgan fingerprint density at radius 1 is 0.380 bits per heavy atom. The number of Topliss-reactive ketones (excluding diaryl/α,β-unsaturated/α-hetero) is 1. The number of piperazine rings is 2. The molecule has 31 heteroatoms. The van der Waals surface area contributed by atoms with Crippen LogP contribution in [0.5, 0.6) is 0 Å². The largest absolute Gasteiger partial charge is 0.481 e. The second kappa shape index (κ2) is 51.8. The van der Waals surface area contributed by atoms with Crippen LogP contribution in [0.15, 0.2) is 187 Å². The molecule has 3 saturated heterocycles. The predicted octanol–water partition coefficient (Wildman–Crippen LogP) is 21.6. The summed E-state index contributed by atoms with van der Waals surface area (Å²) in [4.78, 5) is 129. The molecular formula is C106H126Br2F6N10O13. The lowest BCUT2D eigenvalue weighted by molar-refractivity contribution is -0.156. The van der Waals surface area contributed by atoms with Crippen LogP contribution in [0.4, 0.5) is 35.9 Å². The van der Waals surface area contributed by atoms with Gasteiger partial charge in [-0.25, -0.2) is 9.59 Å². The number of ketones is 1. The summed E-state index contributed by atoms with van der Waals surface area (Å²) in [6, 6.07) is 51.4. The van der Waals surface area contributed by atoms with Crippen molar-refractivity contribution < 1.29 is 88.8 Å². The molecule has 23 nitrogen and oxygen atoms in total. The fourth-order valence-corrected chi connectivity index (χ4v) is 16.8. The molecule has 0 saturated carbocycles. The lowest BCUT2D eigenvalue weighted by Gasteiger charge is -2.35. The minimum absolute atomic E-state index is 0. The van der Waals surface area contributed by atoms with E-state index in [-0.39, 0.29) is 88.4 Å². The van der Waals surface area contributed by atoms with Gasteiger partial charge < -0.3 is 44.2 Å². The first-order chi connectivity index (χ1) is 63.1. The van der Waals surface area contributed by atoms with E-state index in [9.17, 15) is 59.9 Å². The molecule has 734 valence electrons. The number of aldehydes is 2. The number of carbonyl (C=O) groups is 9. The number of hydrogen-bond donors (Lipinski definition) is 2. The van der Waals surface area contributed by atoms with Gasteiger partial charge in [-0.2, -0.15) is 26.3 Å². The lowest BCUT2D eigenvalue weighted by Crippen LogP contribution is -2.52. The van der Waals surface area contributed by atoms with Crippen molar-refractivity contribution >= 4 is 86.2 Å². The number of alkyl halides is 7. The molecule has 4 amide bonds. The molecule has 0 unspecified atom stereocenters. The summed E-state index contributed by atoms with van der Waals surface area (Å²) >= 11 is 6.57. The highest BCUT2D eigenvalue weighted by Crippen LogP contribution is 2.44. The van der Waals surface area contributed by atoms with Crippen molar-refractivity contribution in [3.63, 3.8) is 0 Å². The van der Waals surface area contributed by atoms with Crippen LogP contribution in [0.3, 0.4) is 0 Å². The molecule has 0 atom stereocenters. The number of nitrogens with zero attached hydrogens (tertiary/aromatic N) is 9. The van der Waals surface area contributed by atoms with Crippen molar-refractivity contribution in [2.75, 3.05) is 70.8 Å². The van der Waals surface area contributed by atoms with E-state index in [4.69, 9.17) is 28.9 Å². The maximum atomic E-state index is 13.0. The zero-order chi connectivity index (χ0) is 96.5. The summed E-state index contributed by atoms with van der Waals surface area (Å²) in [5.41, 5.74) is 26.7. The molecule has 5 aliphatic carbocycles. The molecule has 3 fully saturated rings. The average Bonchev–Trinajstić information content (AvgIpc) is 1.68. The Hall–Kier alpha value is -12.2. The van der Waals surface area contributed by atoms with Gasteiger partial charge in [0.15, 0.2) is 0 Å². The van der Waals surface area contributed by atoms with Crippen molar-refractivity contribution in [1.82, 2.24) is 49.8 Å². The van der Waals surface area contributed by atoms with E-state index >= 15 is 0 Å². The van der Waals surface area contributed by atoms with Crippen molar-refractivity contribution in [3.8, 4) is 55.6 Å². The third-order valence-electron chi connectivity index (χ3n) is 21.7. The minimum atomic E-state index is -4.64. The van der Waals surface area contributed by atoms with E-state index in [2.05, 4.69) is 147 Å². The number of amides is 4. The first-order valence-electron chi connectivity index (χ1n) is 43.8. The number of likely N-dealkylation sites (tertiary alicyclic amines) is 1. The summed E-state index contributed by atoms with van der Waals surface area (Å²) in [6.07, 6.45) is 6.31. The number of rotatable bonds is 9. The zero-order valence-corrected chi connectivity index (χ0v) is 79.3. The number of ether oxygens (including phenoxy) is 3. The van der Waals surface area contributed by atoms with E-state index < -0.39 is 36.5 Å². The Morgan fingerprint density at radius 3 is 0.942 bits per heavy atom. The fourth-order valence-electron chi connectivity index (χ4n) is 16.2. The van der Waals surface area contributed by atoms with Gasteiger partial charge in [0.25, 0.3) is 0 Å². The number of pyridine rings is 5. The zero-order valence-electron chi connectivity index (χ0n) is 76.1. The molecule has 18 rings (SSSR count). The number of benzene rings is 5. The van der Waals surface area contributed by atoms with E-state index in [1.165, 1.54) is 78.9 Å². The topological polar surface area (TPSA) is 291 Å². The number of halogens is 8. The van der Waals surface area contributed by atoms with Gasteiger partial charge in [-0.1, -0.05) is 183 Å². The summed E-state index contributed by atoms with van der Waals surface area (Å²) < 4.78 is 79.2. The summed E-state index contributed by atoms with van der Waals surface area (Å²) in [5, 5.41) is 12.5. The molecule has 137 heavy (non-hydrogen) atoms. The van der Waals surface area contributed by atoms with Crippen LogP contribution in [0.2, 0.25) is 0 Å². The van der Waals surface area contributed by atoms with Gasteiger partial charge in [-0.3, -0.25) is 58.5 Å². The number of carboxylic acid groups (broad SMARTS) is 1. The first kappa shape index (κ1) is 114. The molecule has 0 bridgehead atoms. The third kappa shape index (κ3) is 33.6. The van der Waals surface area contributed by atoms with E-state index in [1.54, 1.807) is 35.2 Å². The number of esters is 1. The number of fused-ring (bicyclic) bond motifs is 15. The lowest BCUT2D eigenvalue weighted by atomic mass is 9.99. The van der Waals surface area contributed by atoms with Crippen LogP contribution in [-0.4, -0.2) is 204 Å². The molecule has 5 aromatic heterocycles. The maximum absolute atomic E-state index is 13.0.